The van der Waals surface area contributed by atoms with Gasteiger partial charge in [-0.15, -0.1) is 0 Å². The molecule has 0 aliphatic carbocycles. The van der Waals surface area contributed by atoms with Gasteiger partial charge in [0.05, 0.1) is 24.9 Å². The van der Waals surface area contributed by atoms with E-state index in [-0.39, 0.29) is 12.5 Å². The number of rotatable bonds is 4. The maximum atomic E-state index is 11.7. The van der Waals surface area contributed by atoms with E-state index in [0.717, 1.165) is 0 Å². The van der Waals surface area contributed by atoms with Crippen molar-refractivity contribution in [3.63, 3.8) is 0 Å². The van der Waals surface area contributed by atoms with E-state index < -0.39 is 0 Å². The van der Waals surface area contributed by atoms with Crippen molar-refractivity contribution in [1.82, 2.24) is 4.90 Å². The van der Waals surface area contributed by atoms with Gasteiger partial charge in [0.1, 0.15) is 11.8 Å². The zero-order valence-electron chi connectivity index (χ0n) is 11.1. The Labute approximate surface area is 107 Å². The highest BCUT2D eigenvalue weighted by molar-refractivity contribution is 5.81. The summed E-state index contributed by atoms with van der Waals surface area (Å²) < 4.78 is 5.13. The Morgan fingerprint density at radius 2 is 2.06 bits per heavy atom. The zero-order chi connectivity index (χ0) is 13.7. The minimum atomic E-state index is -0.0239. The molecule has 0 aromatic heterocycles. The Hall–Kier alpha value is -2.22. The molecule has 0 atom stereocenters. The van der Waals surface area contributed by atoms with E-state index in [1.165, 1.54) is 4.90 Å². The molecule has 0 aliphatic rings. The Bertz CT molecular complexity index is 478. The first-order chi connectivity index (χ1) is 8.49. The van der Waals surface area contributed by atoms with Crippen LogP contribution in [0.5, 0.6) is 5.75 Å². The van der Waals surface area contributed by atoms with Crippen LogP contribution in [-0.2, 0) is 4.79 Å². The number of hydrogen-bond donors (Lipinski definition) is 0. The third-order valence-electron chi connectivity index (χ3n) is 2.61. The van der Waals surface area contributed by atoms with Crippen LogP contribution in [0.2, 0.25) is 0 Å². The van der Waals surface area contributed by atoms with Crippen LogP contribution in [0.3, 0.4) is 0 Å². The van der Waals surface area contributed by atoms with E-state index in [1.54, 1.807) is 51.4 Å². The van der Waals surface area contributed by atoms with Crippen LogP contribution >= 0.6 is 0 Å². The molecule has 5 heteroatoms. The first-order valence-corrected chi connectivity index (χ1v) is 5.49. The third kappa shape index (κ3) is 3.14. The molecule has 0 fully saturated rings. The van der Waals surface area contributed by atoms with Crippen molar-refractivity contribution in [2.45, 2.75) is 0 Å². The Morgan fingerprint density at radius 3 is 2.56 bits per heavy atom. The van der Waals surface area contributed by atoms with Gasteiger partial charge in [-0.25, -0.2) is 0 Å². The first kappa shape index (κ1) is 13.8. The Kier molecular flexibility index (Phi) is 4.55. The molecule has 1 amide bonds. The molecule has 0 spiro atoms. The molecular weight excluding hydrogens is 230 g/mol. The Morgan fingerprint density at radius 1 is 1.39 bits per heavy atom. The van der Waals surface area contributed by atoms with Gasteiger partial charge in [0.25, 0.3) is 0 Å². The fourth-order valence-corrected chi connectivity index (χ4v) is 1.48. The van der Waals surface area contributed by atoms with Crippen molar-refractivity contribution < 1.29 is 9.53 Å². The summed E-state index contributed by atoms with van der Waals surface area (Å²) in [6, 6.07) is 7.27. The molecule has 1 rings (SSSR count). The number of likely N-dealkylation sites (N-methyl/N-ethyl adjacent to an activating group) is 2. The smallest absolute Gasteiger partial charge is 0.241 e. The van der Waals surface area contributed by atoms with E-state index in [2.05, 4.69) is 6.07 Å². The number of ether oxygens (including phenoxy) is 1. The van der Waals surface area contributed by atoms with E-state index in [1.807, 2.05) is 0 Å². The molecule has 0 bridgehead atoms. The van der Waals surface area contributed by atoms with E-state index in [4.69, 9.17) is 10.00 Å². The Balaban J connectivity index is 3.00. The summed E-state index contributed by atoms with van der Waals surface area (Å²) in [7, 11) is 6.74. The maximum Gasteiger partial charge on any atom is 0.241 e. The van der Waals surface area contributed by atoms with Crippen molar-refractivity contribution in [3.05, 3.63) is 23.8 Å². The van der Waals surface area contributed by atoms with Crippen molar-refractivity contribution in [2.24, 2.45) is 0 Å². The second kappa shape index (κ2) is 5.92. The van der Waals surface area contributed by atoms with Gasteiger partial charge in [-0.05, 0) is 12.1 Å². The minimum absolute atomic E-state index is 0.0239. The van der Waals surface area contributed by atoms with Crippen molar-refractivity contribution in [1.29, 1.82) is 5.26 Å². The molecular formula is C13H17N3O2. The predicted molar refractivity (Wildman–Crippen MR) is 69.7 cm³/mol. The van der Waals surface area contributed by atoms with Gasteiger partial charge in [0, 0.05) is 27.2 Å². The third-order valence-corrected chi connectivity index (χ3v) is 2.61. The number of nitriles is 1. The number of carbonyl (C=O) groups is 1. The van der Waals surface area contributed by atoms with Gasteiger partial charge < -0.3 is 14.5 Å². The maximum absolute atomic E-state index is 11.7. The number of nitrogens with zero attached hydrogens (tertiary/aromatic N) is 3. The molecule has 0 unspecified atom stereocenters. The summed E-state index contributed by atoms with van der Waals surface area (Å²) >= 11 is 0. The largest absolute Gasteiger partial charge is 0.497 e. The first-order valence-electron chi connectivity index (χ1n) is 5.49. The van der Waals surface area contributed by atoms with Crippen LogP contribution in [0.25, 0.3) is 0 Å². The molecule has 0 saturated heterocycles. The monoisotopic (exact) mass is 247 g/mol. The average molecular weight is 247 g/mol. The molecule has 1 aromatic carbocycles. The fraction of sp³-hybridized carbons (Fsp3) is 0.385. The average Bonchev–Trinajstić information content (AvgIpc) is 2.37. The van der Waals surface area contributed by atoms with Crippen LogP contribution in [-0.4, -0.2) is 45.6 Å². The number of methoxy groups -OCH3 is 1. The molecule has 0 radical (unpaired) electrons. The quantitative estimate of drug-likeness (QED) is 0.799. The zero-order valence-corrected chi connectivity index (χ0v) is 11.1. The molecule has 1 aromatic rings. The summed E-state index contributed by atoms with van der Waals surface area (Å²) in [5, 5.41) is 9.06. The highest BCUT2D eigenvalue weighted by atomic mass is 16.5. The van der Waals surface area contributed by atoms with Crippen LogP contribution in [0, 0.1) is 11.3 Å². The molecule has 0 saturated carbocycles. The second-order valence-corrected chi connectivity index (χ2v) is 4.14. The standard InChI is InChI=1S/C13H17N3O2/c1-15(2)13(17)9-16(3)12-7-11(18-4)6-5-10(12)8-14/h5-7H,9H2,1-4H3. The second-order valence-electron chi connectivity index (χ2n) is 4.14. The van der Waals surface area contributed by atoms with E-state index in [0.29, 0.717) is 17.0 Å². The number of anilines is 1. The van der Waals surface area contributed by atoms with Crippen molar-refractivity contribution >= 4 is 11.6 Å². The summed E-state index contributed by atoms with van der Waals surface area (Å²) in [4.78, 5) is 14.9. The van der Waals surface area contributed by atoms with Crippen molar-refractivity contribution in [2.75, 3.05) is 39.7 Å². The summed E-state index contributed by atoms with van der Waals surface area (Å²) in [5.74, 6) is 0.636. The normalized spacial score (nSPS) is 9.50. The predicted octanol–water partition coefficient (Wildman–Crippen LogP) is 1.09. The number of amides is 1. The SMILES string of the molecule is COc1ccc(C#N)c(N(C)CC(=O)N(C)C)c1. The van der Waals surface area contributed by atoms with Gasteiger partial charge in [-0.3, -0.25) is 4.79 Å². The highest BCUT2D eigenvalue weighted by Crippen LogP contribution is 2.24. The van der Waals surface area contributed by atoms with Crippen LogP contribution < -0.4 is 9.64 Å². The molecule has 0 aliphatic heterocycles. The lowest BCUT2D eigenvalue weighted by Gasteiger charge is -2.22. The number of benzene rings is 1. The number of hydrogen-bond acceptors (Lipinski definition) is 4. The van der Waals surface area contributed by atoms with Gasteiger partial charge in [-0.2, -0.15) is 5.26 Å². The molecule has 0 N–H and O–H groups in total. The fourth-order valence-electron chi connectivity index (χ4n) is 1.48. The summed E-state index contributed by atoms with van der Waals surface area (Å²) in [6.45, 7) is 0.217. The minimum Gasteiger partial charge on any atom is -0.497 e. The highest BCUT2D eigenvalue weighted by Gasteiger charge is 2.13. The van der Waals surface area contributed by atoms with E-state index in [9.17, 15) is 4.79 Å². The summed E-state index contributed by atoms with van der Waals surface area (Å²) in [6.07, 6.45) is 0. The topological polar surface area (TPSA) is 56.6 Å². The van der Waals surface area contributed by atoms with Crippen molar-refractivity contribution in [3.8, 4) is 11.8 Å². The lowest BCUT2D eigenvalue weighted by Crippen LogP contribution is -2.34. The lowest BCUT2D eigenvalue weighted by molar-refractivity contribution is -0.127. The summed E-state index contributed by atoms with van der Waals surface area (Å²) in [5.41, 5.74) is 1.21. The van der Waals surface area contributed by atoms with Gasteiger partial charge in [-0.1, -0.05) is 0 Å². The number of carbonyl (C=O) groups excluding carboxylic acids is 1. The molecule has 18 heavy (non-hydrogen) atoms. The molecule has 5 nitrogen and oxygen atoms in total. The van der Waals surface area contributed by atoms with Crippen LogP contribution in [0.4, 0.5) is 5.69 Å². The van der Waals surface area contributed by atoms with E-state index >= 15 is 0 Å². The van der Waals surface area contributed by atoms with Gasteiger partial charge in [0.2, 0.25) is 5.91 Å². The van der Waals surface area contributed by atoms with Crippen LogP contribution in [0.15, 0.2) is 18.2 Å². The molecule has 96 valence electrons. The molecule has 0 heterocycles. The van der Waals surface area contributed by atoms with Gasteiger partial charge >= 0.3 is 0 Å². The lowest BCUT2D eigenvalue weighted by atomic mass is 10.1. The van der Waals surface area contributed by atoms with Gasteiger partial charge in [0.15, 0.2) is 0 Å². The van der Waals surface area contributed by atoms with Crippen LogP contribution in [0.1, 0.15) is 5.56 Å².